The van der Waals surface area contributed by atoms with Gasteiger partial charge in [0.05, 0.1) is 16.1 Å². The lowest BCUT2D eigenvalue weighted by atomic mass is 10.0. The van der Waals surface area contributed by atoms with Crippen LogP contribution in [0.4, 0.5) is 21.5 Å². The highest BCUT2D eigenvalue weighted by Gasteiger charge is 2.22. The monoisotopic (exact) mass is 439 g/mol. The van der Waals surface area contributed by atoms with Crippen molar-refractivity contribution in [2.24, 2.45) is 0 Å². The molecule has 3 N–H and O–H groups in total. The van der Waals surface area contributed by atoms with Gasteiger partial charge in [0.2, 0.25) is 5.91 Å². The second-order valence-electron chi connectivity index (χ2n) is 6.98. The first-order valence-electron chi connectivity index (χ1n) is 9.43. The Hall–Kier alpha value is -3.72. The third-order valence-electron chi connectivity index (χ3n) is 4.80. The van der Waals surface area contributed by atoms with E-state index in [1.807, 2.05) is 0 Å². The second kappa shape index (κ2) is 8.19. The molecule has 0 aromatic heterocycles. The van der Waals surface area contributed by atoms with Crippen molar-refractivity contribution in [1.82, 2.24) is 0 Å². The fourth-order valence-electron chi connectivity index (χ4n) is 3.23. The van der Waals surface area contributed by atoms with Crippen molar-refractivity contribution in [3.05, 3.63) is 83.7 Å². The van der Waals surface area contributed by atoms with Crippen LogP contribution in [-0.4, -0.2) is 20.2 Å². The number of carbonyl (C=O) groups excluding carboxylic acids is 2. The van der Waals surface area contributed by atoms with Gasteiger partial charge >= 0.3 is 0 Å². The van der Waals surface area contributed by atoms with Gasteiger partial charge in [-0.3, -0.25) is 14.3 Å². The van der Waals surface area contributed by atoms with Crippen LogP contribution in [0.3, 0.4) is 0 Å². The maximum atomic E-state index is 13.1. The molecule has 0 unspecified atom stereocenters. The number of hydrogen-bond acceptors (Lipinski definition) is 4. The molecule has 1 aliphatic rings. The van der Waals surface area contributed by atoms with Gasteiger partial charge < -0.3 is 10.6 Å². The van der Waals surface area contributed by atoms with Crippen LogP contribution in [0.25, 0.3) is 0 Å². The lowest BCUT2D eigenvalue weighted by Gasteiger charge is -2.18. The molecule has 1 heterocycles. The molecule has 31 heavy (non-hydrogen) atoms. The van der Waals surface area contributed by atoms with Crippen molar-refractivity contribution in [2.45, 2.75) is 17.7 Å². The molecule has 0 saturated heterocycles. The van der Waals surface area contributed by atoms with Crippen LogP contribution in [0.2, 0.25) is 0 Å². The van der Waals surface area contributed by atoms with Crippen LogP contribution < -0.4 is 15.4 Å². The minimum atomic E-state index is -3.99. The van der Waals surface area contributed by atoms with Crippen LogP contribution in [-0.2, 0) is 21.2 Å². The molecule has 0 spiro atoms. The van der Waals surface area contributed by atoms with Crippen LogP contribution >= 0.6 is 0 Å². The van der Waals surface area contributed by atoms with Crippen molar-refractivity contribution < 1.29 is 22.4 Å². The lowest BCUT2D eigenvalue weighted by molar-refractivity contribution is -0.116. The number of sulfonamides is 1. The number of para-hydroxylation sites is 1. The summed E-state index contributed by atoms with van der Waals surface area (Å²) in [4.78, 5) is 24.2. The van der Waals surface area contributed by atoms with E-state index >= 15 is 0 Å². The third-order valence-corrected chi connectivity index (χ3v) is 6.16. The molecular weight excluding hydrogens is 421 g/mol. The van der Waals surface area contributed by atoms with Crippen molar-refractivity contribution in [3.8, 4) is 0 Å². The second-order valence-corrected chi connectivity index (χ2v) is 8.66. The number of nitrogens with one attached hydrogen (secondary N) is 3. The number of hydrogen-bond donors (Lipinski definition) is 3. The Bertz CT molecular complexity index is 1270. The highest BCUT2D eigenvalue weighted by molar-refractivity contribution is 7.92. The molecule has 158 valence electrons. The van der Waals surface area contributed by atoms with E-state index in [4.69, 9.17) is 0 Å². The van der Waals surface area contributed by atoms with Gasteiger partial charge in [-0.05, 0) is 66.6 Å². The fourth-order valence-corrected chi connectivity index (χ4v) is 4.36. The average Bonchev–Trinajstić information content (AvgIpc) is 2.75. The van der Waals surface area contributed by atoms with Gasteiger partial charge in [0.15, 0.2) is 0 Å². The van der Waals surface area contributed by atoms with Crippen molar-refractivity contribution >= 4 is 38.9 Å². The average molecular weight is 439 g/mol. The number of rotatable bonds is 5. The molecule has 9 heteroatoms. The first kappa shape index (κ1) is 20.5. The van der Waals surface area contributed by atoms with Crippen molar-refractivity contribution in [1.29, 1.82) is 0 Å². The number of anilines is 3. The molecule has 4 rings (SSSR count). The van der Waals surface area contributed by atoms with Crippen molar-refractivity contribution in [3.63, 3.8) is 0 Å². The molecular formula is C22H18FN3O4S. The van der Waals surface area contributed by atoms with Gasteiger partial charge in [-0.15, -0.1) is 0 Å². The van der Waals surface area contributed by atoms with Gasteiger partial charge in [0.25, 0.3) is 15.9 Å². The van der Waals surface area contributed by atoms with Gasteiger partial charge in [0.1, 0.15) is 5.82 Å². The topological polar surface area (TPSA) is 104 Å². The van der Waals surface area contributed by atoms with E-state index in [0.29, 0.717) is 17.8 Å². The molecule has 0 bridgehead atoms. The number of carbonyl (C=O) groups is 2. The van der Waals surface area contributed by atoms with Gasteiger partial charge in [0, 0.05) is 17.8 Å². The minimum absolute atomic E-state index is 0.0242. The summed E-state index contributed by atoms with van der Waals surface area (Å²) in [5.74, 6) is -1.09. The number of benzene rings is 3. The Balaban J connectivity index is 1.58. The quantitative estimate of drug-likeness (QED) is 0.563. The van der Waals surface area contributed by atoms with E-state index in [1.54, 1.807) is 18.2 Å². The van der Waals surface area contributed by atoms with Gasteiger partial charge in [-0.25, -0.2) is 12.8 Å². The summed E-state index contributed by atoms with van der Waals surface area (Å²) < 4.78 is 41.4. The molecule has 2 amide bonds. The maximum Gasteiger partial charge on any atom is 0.261 e. The molecule has 3 aromatic carbocycles. The summed E-state index contributed by atoms with van der Waals surface area (Å²) in [6.45, 7) is 0. The fraction of sp³-hybridized carbons (Fsp3) is 0.0909. The zero-order valence-corrected chi connectivity index (χ0v) is 17.0. The van der Waals surface area contributed by atoms with Crippen LogP contribution in [0.5, 0.6) is 0 Å². The normalized spacial score (nSPS) is 13.1. The number of amides is 2. The van der Waals surface area contributed by atoms with E-state index in [1.165, 1.54) is 48.5 Å². The number of aryl methyl sites for hydroxylation is 1. The van der Waals surface area contributed by atoms with E-state index in [-0.39, 0.29) is 28.5 Å². The number of fused-ring (bicyclic) bond motifs is 1. The number of halogens is 1. The first-order valence-corrected chi connectivity index (χ1v) is 10.9. The Morgan fingerprint density at radius 2 is 1.71 bits per heavy atom. The van der Waals surface area contributed by atoms with E-state index in [9.17, 15) is 22.4 Å². The van der Waals surface area contributed by atoms with Gasteiger partial charge in [-0.1, -0.05) is 12.1 Å². The largest absolute Gasteiger partial charge is 0.326 e. The van der Waals surface area contributed by atoms with E-state index in [0.717, 1.165) is 5.56 Å². The summed E-state index contributed by atoms with van der Waals surface area (Å²) in [6.07, 6.45) is 0.734. The molecule has 1 aliphatic heterocycles. The predicted octanol–water partition coefficient (Wildman–Crippen LogP) is 3.76. The first-order chi connectivity index (χ1) is 14.8. The maximum absolute atomic E-state index is 13.1. The molecule has 0 atom stereocenters. The van der Waals surface area contributed by atoms with Crippen LogP contribution in [0.15, 0.2) is 71.6 Å². The minimum Gasteiger partial charge on any atom is -0.326 e. The Labute approximate surface area is 178 Å². The lowest BCUT2D eigenvalue weighted by Crippen LogP contribution is -2.21. The Morgan fingerprint density at radius 3 is 2.48 bits per heavy atom. The summed E-state index contributed by atoms with van der Waals surface area (Å²) in [7, 11) is -3.99. The van der Waals surface area contributed by atoms with Crippen LogP contribution in [0.1, 0.15) is 22.3 Å². The highest BCUT2D eigenvalue weighted by atomic mass is 32.2. The predicted molar refractivity (Wildman–Crippen MR) is 115 cm³/mol. The summed E-state index contributed by atoms with van der Waals surface area (Å²) >= 11 is 0. The van der Waals surface area contributed by atoms with Crippen molar-refractivity contribution in [2.75, 3.05) is 15.4 Å². The molecule has 7 nitrogen and oxygen atoms in total. The zero-order valence-electron chi connectivity index (χ0n) is 16.2. The van der Waals surface area contributed by atoms with E-state index < -0.39 is 21.7 Å². The Kier molecular flexibility index (Phi) is 5.43. The molecule has 3 aromatic rings. The molecule has 0 fully saturated rings. The van der Waals surface area contributed by atoms with Gasteiger partial charge in [-0.2, -0.15) is 0 Å². The smallest absolute Gasteiger partial charge is 0.261 e. The summed E-state index contributed by atoms with van der Waals surface area (Å²) in [5.41, 5.74) is 1.91. The van der Waals surface area contributed by atoms with Crippen LogP contribution in [0, 0.1) is 5.82 Å². The zero-order chi connectivity index (χ0) is 22.0. The summed E-state index contributed by atoms with van der Waals surface area (Å²) in [6, 6.07) is 15.9. The van der Waals surface area contributed by atoms with E-state index in [2.05, 4.69) is 15.4 Å². The third kappa shape index (κ3) is 4.56. The highest BCUT2D eigenvalue weighted by Crippen LogP contribution is 2.27. The molecule has 0 radical (unpaired) electrons. The standard InChI is InChI=1S/C22H18FN3O4S/c23-15-6-8-16(9-7-15)24-22(28)18-3-1-2-4-20(18)26-31(29,30)17-10-11-19-14(13-17)5-12-21(27)25-19/h1-4,6-11,13,26H,5,12H2,(H,24,28)(H,25,27). The molecule has 0 aliphatic carbocycles. The summed E-state index contributed by atoms with van der Waals surface area (Å²) in [5, 5.41) is 5.32. The SMILES string of the molecule is O=C1CCc2cc(S(=O)(=O)Nc3ccccc3C(=O)Nc3ccc(F)cc3)ccc2N1. The Morgan fingerprint density at radius 1 is 0.968 bits per heavy atom. The molecule has 0 saturated carbocycles.